The third kappa shape index (κ3) is 9.21. The number of hydrogen-bond donors (Lipinski definition) is 0. The van der Waals surface area contributed by atoms with Crippen LogP contribution in [0.2, 0.25) is 0 Å². The van der Waals surface area contributed by atoms with E-state index in [1.54, 1.807) is 0 Å². The average Bonchev–Trinajstić information content (AvgIpc) is 3.51. The van der Waals surface area contributed by atoms with Crippen molar-refractivity contribution in [1.29, 1.82) is 0 Å². The Morgan fingerprint density at radius 1 is 0.145 bits per heavy atom. The van der Waals surface area contributed by atoms with Crippen molar-refractivity contribution in [3.05, 3.63) is 315 Å². The zero-order chi connectivity index (χ0) is 50.6. The monoisotopic (exact) mass is 968 g/mol. The zero-order valence-electron chi connectivity index (χ0n) is 41.9. The van der Waals surface area contributed by atoms with E-state index in [0.717, 1.165) is 45.3 Å². The summed E-state index contributed by atoms with van der Waals surface area (Å²) in [5, 5.41) is 5.00. The molecule has 0 aliphatic heterocycles. The van der Waals surface area contributed by atoms with E-state index in [1.807, 2.05) is 0 Å². The maximum absolute atomic E-state index is 2.36. The molecule has 13 rings (SSSR count). The second-order valence-electron chi connectivity index (χ2n) is 19.3. The Kier molecular flexibility index (Phi) is 12.3. The number of benzene rings is 13. The average molecular weight is 969 g/mol. The highest BCUT2D eigenvalue weighted by Gasteiger charge is 2.17. The van der Waals surface area contributed by atoms with Gasteiger partial charge in [0.1, 0.15) is 0 Å². The van der Waals surface area contributed by atoms with Gasteiger partial charge in [-0.3, -0.25) is 0 Å². The van der Waals surface area contributed by atoms with Gasteiger partial charge < -0.3 is 9.80 Å². The van der Waals surface area contributed by atoms with E-state index >= 15 is 0 Å². The van der Waals surface area contributed by atoms with Gasteiger partial charge in [-0.2, -0.15) is 0 Å². The number of rotatable bonds is 12. The molecule has 2 heteroatoms. The van der Waals surface area contributed by atoms with Gasteiger partial charge in [0.15, 0.2) is 0 Å². The summed E-state index contributed by atoms with van der Waals surface area (Å²) in [5.41, 5.74) is 20.9. The largest absolute Gasteiger partial charge is 0.311 e. The molecular weight excluding hydrogens is 917 g/mol. The van der Waals surface area contributed by atoms with E-state index in [4.69, 9.17) is 0 Å². The third-order valence-corrected chi connectivity index (χ3v) is 14.7. The molecule has 0 atom stereocenters. The van der Waals surface area contributed by atoms with Gasteiger partial charge in [0.25, 0.3) is 0 Å². The number of hydrogen-bond acceptors (Lipinski definition) is 2. The van der Waals surface area contributed by atoms with E-state index in [1.165, 1.54) is 77.2 Å². The molecular formula is C74H52N2. The van der Waals surface area contributed by atoms with Crippen LogP contribution in [0.4, 0.5) is 34.1 Å². The van der Waals surface area contributed by atoms with Crippen LogP contribution in [-0.4, -0.2) is 0 Å². The van der Waals surface area contributed by atoms with Crippen LogP contribution in [0.5, 0.6) is 0 Å². The van der Waals surface area contributed by atoms with Crippen LogP contribution in [0, 0.1) is 0 Å². The van der Waals surface area contributed by atoms with E-state index < -0.39 is 0 Å². The fourth-order valence-corrected chi connectivity index (χ4v) is 10.8. The lowest BCUT2D eigenvalue weighted by molar-refractivity contribution is 1.28. The van der Waals surface area contributed by atoms with Crippen molar-refractivity contribution in [2.24, 2.45) is 0 Å². The maximum atomic E-state index is 2.36. The fraction of sp³-hybridized carbons (Fsp3) is 0. The molecule has 0 unspecified atom stereocenters. The number of anilines is 6. The topological polar surface area (TPSA) is 6.48 Å². The van der Waals surface area contributed by atoms with Gasteiger partial charge in [-0.05, 0) is 161 Å². The molecule has 0 aliphatic rings. The van der Waals surface area contributed by atoms with Crippen molar-refractivity contribution < 1.29 is 0 Å². The summed E-state index contributed by atoms with van der Waals surface area (Å²) in [7, 11) is 0. The van der Waals surface area contributed by atoms with Gasteiger partial charge in [-0.15, -0.1) is 0 Å². The summed E-state index contributed by atoms with van der Waals surface area (Å²) in [6.07, 6.45) is 0. The third-order valence-electron chi connectivity index (χ3n) is 14.7. The predicted molar refractivity (Wildman–Crippen MR) is 323 cm³/mol. The fourth-order valence-electron chi connectivity index (χ4n) is 10.8. The Morgan fingerprint density at radius 2 is 0.355 bits per heavy atom. The van der Waals surface area contributed by atoms with Gasteiger partial charge in [0.05, 0.1) is 0 Å². The van der Waals surface area contributed by atoms with Crippen molar-refractivity contribution >= 4 is 55.7 Å². The Bertz CT molecular complexity index is 3860. The number of nitrogens with zero attached hydrogens (tertiary/aromatic N) is 2. The van der Waals surface area contributed by atoms with Crippen molar-refractivity contribution in [2.45, 2.75) is 0 Å². The van der Waals surface area contributed by atoms with Gasteiger partial charge in [-0.25, -0.2) is 0 Å². The molecule has 0 heterocycles. The lowest BCUT2D eigenvalue weighted by Gasteiger charge is -2.26. The first-order valence-electron chi connectivity index (χ1n) is 26.1. The van der Waals surface area contributed by atoms with Crippen LogP contribution in [0.25, 0.3) is 88.3 Å². The van der Waals surface area contributed by atoms with E-state index in [2.05, 4.69) is 325 Å². The highest BCUT2D eigenvalue weighted by Crippen LogP contribution is 2.41. The minimum Gasteiger partial charge on any atom is -0.311 e. The second-order valence-corrected chi connectivity index (χ2v) is 19.3. The Morgan fingerprint density at radius 3 is 0.645 bits per heavy atom. The molecule has 0 bridgehead atoms. The minimum atomic E-state index is 1.09. The van der Waals surface area contributed by atoms with Crippen molar-refractivity contribution in [3.63, 3.8) is 0 Å². The Balaban J connectivity index is 0.782. The first kappa shape index (κ1) is 45.8. The van der Waals surface area contributed by atoms with E-state index in [9.17, 15) is 0 Å². The summed E-state index contributed by atoms with van der Waals surface area (Å²) in [6.45, 7) is 0. The van der Waals surface area contributed by atoms with E-state index in [0.29, 0.717) is 0 Å². The van der Waals surface area contributed by atoms with Gasteiger partial charge >= 0.3 is 0 Å². The highest BCUT2D eigenvalue weighted by atomic mass is 15.1. The lowest BCUT2D eigenvalue weighted by atomic mass is 9.97. The maximum Gasteiger partial charge on any atom is 0.0462 e. The van der Waals surface area contributed by atoms with Crippen LogP contribution < -0.4 is 9.80 Å². The molecule has 0 amide bonds. The lowest BCUT2D eigenvalue weighted by Crippen LogP contribution is -2.09. The van der Waals surface area contributed by atoms with Crippen molar-refractivity contribution in [2.75, 3.05) is 9.80 Å². The van der Waals surface area contributed by atoms with E-state index in [-0.39, 0.29) is 0 Å². The molecule has 0 saturated heterocycles. The molecule has 76 heavy (non-hydrogen) atoms. The van der Waals surface area contributed by atoms with Crippen LogP contribution >= 0.6 is 0 Å². The summed E-state index contributed by atoms with van der Waals surface area (Å²) in [5.74, 6) is 0. The van der Waals surface area contributed by atoms with Crippen LogP contribution in [0.3, 0.4) is 0 Å². The highest BCUT2D eigenvalue weighted by molar-refractivity contribution is 5.98. The molecule has 13 aromatic carbocycles. The van der Waals surface area contributed by atoms with Gasteiger partial charge in [-0.1, -0.05) is 243 Å². The van der Waals surface area contributed by atoms with Gasteiger partial charge in [0, 0.05) is 34.1 Å². The first-order chi connectivity index (χ1) is 37.7. The quantitative estimate of drug-likeness (QED) is 0.120. The summed E-state index contributed by atoms with van der Waals surface area (Å²) < 4.78 is 0. The Labute approximate surface area is 445 Å². The van der Waals surface area contributed by atoms with Gasteiger partial charge in [0.2, 0.25) is 0 Å². The normalized spacial score (nSPS) is 11.2. The number of fused-ring (bicyclic) bond motifs is 2. The summed E-state index contributed by atoms with van der Waals surface area (Å²) in [4.78, 5) is 4.70. The molecule has 0 spiro atoms. The molecule has 358 valence electrons. The zero-order valence-corrected chi connectivity index (χ0v) is 41.9. The molecule has 2 nitrogen and oxygen atoms in total. The molecule has 0 fully saturated rings. The van der Waals surface area contributed by atoms with Crippen LogP contribution in [0.15, 0.2) is 315 Å². The van der Waals surface area contributed by atoms with Crippen LogP contribution in [-0.2, 0) is 0 Å². The van der Waals surface area contributed by atoms with Crippen LogP contribution in [0.1, 0.15) is 0 Å². The molecule has 0 N–H and O–H groups in total. The Hall–Kier alpha value is -10.0. The second kappa shape index (κ2) is 20.5. The first-order valence-corrected chi connectivity index (χ1v) is 26.1. The molecule has 0 aromatic heterocycles. The van der Waals surface area contributed by atoms with Crippen molar-refractivity contribution in [3.8, 4) is 66.8 Å². The smallest absolute Gasteiger partial charge is 0.0462 e. The standard InChI is InChI=1S/C74H52N2/c1-3-13-53(14-4-1)57-29-41-65(42-30-57)75(66-43-31-58(32-44-66)54-15-5-2-6-16-54)67-45-33-59(34-46-67)55-25-27-56(28-26-55)60-35-47-68(48-36-60)76(69-49-37-63(38-50-69)73-23-11-19-61-17-7-9-21-71(61)73)70-51-39-64(40-52-70)74-24-12-20-62-18-8-10-22-72(62)74/h1-52H. The summed E-state index contributed by atoms with van der Waals surface area (Å²) in [6, 6.07) is 114. The minimum absolute atomic E-state index is 1.09. The molecule has 13 aromatic rings. The predicted octanol–water partition coefficient (Wildman–Crippen LogP) is 20.9. The molecule has 0 saturated carbocycles. The molecule has 0 radical (unpaired) electrons. The van der Waals surface area contributed by atoms with Crippen molar-refractivity contribution in [1.82, 2.24) is 0 Å². The SMILES string of the molecule is c1ccc(-c2ccc(N(c3ccc(-c4ccccc4)cc3)c3ccc(-c4ccc(-c5ccc(N(c6ccc(-c7cccc8ccccc78)cc6)c6ccc(-c7cccc8ccccc78)cc6)cc5)cc4)cc3)cc2)cc1. The summed E-state index contributed by atoms with van der Waals surface area (Å²) >= 11 is 0. The molecule has 0 aliphatic carbocycles.